The Morgan fingerprint density at radius 1 is 1.15 bits per heavy atom. The lowest BCUT2D eigenvalue weighted by Crippen LogP contribution is -2.35. The van der Waals surface area contributed by atoms with Gasteiger partial charge in [-0.1, -0.05) is 50.7 Å². The van der Waals surface area contributed by atoms with Gasteiger partial charge in [-0.05, 0) is 55.4 Å². The molecule has 1 N–H and O–H groups in total. The summed E-state index contributed by atoms with van der Waals surface area (Å²) in [5, 5.41) is 12.5. The number of benzene rings is 1. The lowest BCUT2D eigenvalue weighted by Gasteiger charge is -2.31. The van der Waals surface area contributed by atoms with E-state index >= 15 is 0 Å². The number of carbonyl (C=O) groups excluding carboxylic acids is 1. The molecule has 1 amide bonds. The van der Waals surface area contributed by atoms with E-state index in [2.05, 4.69) is 51.8 Å². The molecule has 4 rings (SSSR count). The first kappa shape index (κ1) is 23.4. The summed E-state index contributed by atoms with van der Waals surface area (Å²) in [5.74, 6) is 2.70. The van der Waals surface area contributed by atoms with Crippen molar-refractivity contribution in [2.45, 2.75) is 63.4 Å². The Balaban J connectivity index is 1.52. The van der Waals surface area contributed by atoms with Gasteiger partial charge in [0.2, 0.25) is 11.9 Å². The van der Waals surface area contributed by atoms with Crippen LogP contribution in [-0.2, 0) is 11.3 Å². The van der Waals surface area contributed by atoms with Gasteiger partial charge in [0.15, 0.2) is 5.16 Å². The van der Waals surface area contributed by atoms with Gasteiger partial charge in [-0.25, -0.2) is 0 Å². The van der Waals surface area contributed by atoms with Gasteiger partial charge < -0.3 is 14.6 Å². The molecule has 8 heteroatoms. The van der Waals surface area contributed by atoms with E-state index in [0.29, 0.717) is 12.5 Å². The molecule has 0 saturated carbocycles. The van der Waals surface area contributed by atoms with E-state index in [1.165, 1.54) is 11.8 Å². The van der Waals surface area contributed by atoms with Crippen LogP contribution in [0.1, 0.15) is 57.8 Å². The Morgan fingerprint density at radius 2 is 1.91 bits per heavy atom. The van der Waals surface area contributed by atoms with Crippen LogP contribution in [0.5, 0.6) is 0 Å². The average molecular weight is 468 g/mol. The number of hydrogen-bond donors (Lipinski definition) is 1. The highest BCUT2D eigenvalue weighted by Gasteiger charge is 2.26. The summed E-state index contributed by atoms with van der Waals surface area (Å²) in [4.78, 5) is 15.3. The third-order valence-corrected chi connectivity index (χ3v) is 7.23. The summed E-state index contributed by atoms with van der Waals surface area (Å²) in [6.07, 6.45) is 3.96. The number of carbonyl (C=O) groups is 1. The second-order valence-corrected chi connectivity index (χ2v) is 10.4. The van der Waals surface area contributed by atoms with Gasteiger partial charge >= 0.3 is 0 Å². The van der Waals surface area contributed by atoms with Crippen molar-refractivity contribution >= 4 is 29.3 Å². The van der Waals surface area contributed by atoms with Crippen molar-refractivity contribution in [3.63, 3.8) is 0 Å². The molecule has 176 valence electrons. The highest BCUT2D eigenvalue weighted by atomic mass is 32.2. The molecule has 0 aliphatic carbocycles. The van der Waals surface area contributed by atoms with Gasteiger partial charge in [0.1, 0.15) is 5.76 Å². The molecule has 1 aromatic carbocycles. The fourth-order valence-electron chi connectivity index (χ4n) is 4.07. The molecule has 0 radical (unpaired) electrons. The molecular formula is C25H33N5O2S. The molecule has 1 saturated heterocycles. The summed E-state index contributed by atoms with van der Waals surface area (Å²) in [6.45, 7) is 10.9. The highest BCUT2D eigenvalue weighted by molar-refractivity contribution is 8.00. The van der Waals surface area contributed by atoms with Crippen molar-refractivity contribution in [2.24, 2.45) is 5.92 Å². The van der Waals surface area contributed by atoms with Crippen LogP contribution in [-0.4, -0.2) is 39.0 Å². The number of furan rings is 1. The van der Waals surface area contributed by atoms with Crippen molar-refractivity contribution in [2.75, 3.05) is 23.3 Å². The Hall–Kier alpha value is -2.74. The molecule has 1 aliphatic heterocycles. The largest absolute Gasteiger partial charge is 0.467 e. The minimum atomic E-state index is -0.334. The number of rotatable bonds is 8. The molecule has 33 heavy (non-hydrogen) atoms. The van der Waals surface area contributed by atoms with Gasteiger partial charge in [-0.2, -0.15) is 0 Å². The van der Waals surface area contributed by atoms with Crippen molar-refractivity contribution in [1.82, 2.24) is 14.8 Å². The molecule has 3 aromatic rings. The molecule has 0 bridgehead atoms. The van der Waals surface area contributed by atoms with E-state index in [1.54, 1.807) is 6.26 Å². The predicted octanol–water partition coefficient (Wildman–Crippen LogP) is 5.40. The molecule has 3 heterocycles. The van der Waals surface area contributed by atoms with Gasteiger partial charge in [-0.3, -0.25) is 9.36 Å². The summed E-state index contributed by atoms with van der Waals surface area (Å²) >= 11 is 1.43. The Labute approximate surface area is 199 Å². The molecular weight excluding hydrogens is 434 g/mol. The number of aromatic nitrogens is 3. The number of nitrogens with one attached hydrogen (secondary N) is 1. The lowest BCUT2D eigenvalue weighted by molar-refractivity contribution is -0.115. The van der Waals surface area contributed by atoms with Crippen molar-refractivity contribution in [3.8, 4) is 0 Å². The minimum Gasteiger partial charge on any atom is -0.467 e. The Bertz CT molecular complexity index is 1050. The monoisotopic (exact) mass is 467 g/mol. The van der Waals surface area contributed by atoms with Crippen molar-refractivity contribution in [3.05, 3.63) is 54.0 Å². The average Bonchev–Trinajstić information content (AvgIpc) is 3.45. The van der Waals surface area contributed by atoms with Crippen LogP contribution >= 0.6 is 11.8 Å². The van der Waals surface area contributed by atoms with E-state index < -0.39 is 0 Å². The van der Waals surface area contributed by atoms with Crippen LogP contribution in [0.15, 0.2) is 52.2 Å². The number of piperidine rings is 1. The van der Waals surface area contributed by atoms with Crippen LogP contribution in [0.3, 0.4) is 0 Å². The first-order valence-corrected chi connectivity index (χ1v) is 12.6. The normalized spacial score (nSPS) is 15.7. The number of hydrogen-bond acceptors (Lipinski definition) is 6. The zero-order valence-electron chi connectivity index (χ0n) is 19.8. The zero-order chi connectivity index (χ0) is 23.4. The summed E-state index contributed by atoms with van der Waals surface area (Å²) in [7, 11) is 0. The van der Waals surface area contributed by atoms with Crippen LogP contribution in [0.2, 0.25) is 0 Å². The van der Waals surface area contributed by atoms with E-state index in [9.17, 15) is 4.79 Å². The summed E-state index contributed by atoms with van der Waals surface area (Å²) in [5.41, 5.74) is 2.00. The second-order valence-electron chi connectivity index (χ2n) is 9.11. The smallest absolute Gasteiger partial charge is 0.237 e. The standard InChI is InChI=1S/C25H33N5O2S/c1-17(2)21-9-5-6-10-22(21)26-23(31)19(4)33-25-28-27-24(29-13-11-18(3)12-14-29)30(25)16-20-8-7-15-32-20/h5-10,15,17-19H,11-14,16H2,1-4H3,(H,26,31). The number of thioether (sulfide) groups is 1. The van der Waals surface area contributed by atoms with E-state index in [1.807, 2.05) is 37.3 Å². The molecule has 1 aliphatic rings. The Morgan fingerprint density at radius 3 is 2.61 bits per heavy atom. The van der Waals surface area contributed by atoms with Crippen molar-refractivity contribution < 1.29 is 9.21 Å². The van der Waals surface area contributed by atoms with Gasteiger partial charge in [0.25, 0.3) is 0 Å². The Kier molecular flexibility index (Phi) is 7.42. The zero-order valence-corrected chi connectivity index (χ0v) is 20.6. The summed E-state index contributed by atoms with van der Waals surface area (Å²) < 4.78 is 7.68. The van der Waals surface area contributed by atoms with E-state index in [-0.39, 0.29) is 11.2 Å². The SMILES string of the molecule is CC1CCN(c2nnc(SC(C)C(=O)Nc3ccccc3C(C)C)n2Cc2ccco2)CC1. The molecule has 1 atom stereocenters. The minimum absolute atomic E-state index is 0.0472. The number of amides is 1. The maximum absolute atomic E-state index is 13.0. The van der Waals surface area contributed by atoms with Crippen LogP contribution < -0.4 is 10.2 Å². The third kappa shape index (κ3) is 5.61. The van der Waals surface area contributed by atoms with E-state index in [0.717, 1.165) is 60.0 Å². The highest BCUT2D eigenvalue weighted by Crippen LogP contribution is 2.30. The van der Waals surface area contributed by atoms with Gasteiger partial charge in [0, 0.05) is 18.8 Å². The lowest BCUT2D eigenvalue weighted by atomic mass is 10.00. The fourth-order valence-corrected chi connectivity index (χ4v) is 4.91. The summed E-state index contributed by atoms with van der Waals surface area (Å²) in [6, 6.07) is 11.8. The predicted molar refractivity (Wildman–Crippen MR) is 133 cm³/mol. The van der Waals surface area contributed by atoms with Crippen LogP contribution in [0.25, 0.3) is 0 Å². The maximum Gasteiger partial charge on any atom is 0.237 e. The topological polar surface area (TPSA) is 76.2 Å². The number of para-hydroxylation sites is 1. The maximum atomic E-state index is 13.0. The number of nitrogens with zero attached hydrogens (tertiary/aromatic N) is 4. The first-order valence-electron chi connectivity index (χ1n) is 11.7. The van der Waals surface area contributed by atoms with E-state index in [4.69, 9.17) is 4.42 Å². The van der Waals surface area contributed by atoms with Crippen LogP contribution in [0, 0.1) is 5.92 Å². The molecule has 1 unspecified atom stereocenters. The fraction of sp³-hybridized carbons (Fsp3) is 0.480. The van der Waals surface area contributed by atoms with Crippen LogP contribution in [0.4, 0.5) is 11.6 Å². The van der Waals surface area contributed by atoms with Gasteiger partial charge in [0.05, 0.1) is 18.1 Å². The van der Waals surface area contributed by atoms with Gasteiger partial charge in [-0.15, -0.1) is 10.2 Å². The van der Waals surface area contributed by atoms with Crippen molar-refractivity contribution in [1.29, 1.82) is 0 Å². The molecule has 1 fully saturated rings. The molecule has 2 aromatic heterocycles. The number of anilines is 2. The second kappa shape index (κ2) is 10.5. The third-order valence-electron chi connectivity index (χ3n) is 6.15. The molecule has 7 nitrogen and oxygen atoms in total. The quantitative estimate of drug-likeness (QED) is 0.447. The first-order chi connectivity index (χ1) is 15.9. The molecule has 0 spiro atoms.